The highest BCUT2D eigenvalue weighted by molar-refractivity contribution is 5.94. The lowest BCUT2D eigenvalue weighted by atomic mass is 10.1. The molecule has 3 rings (SSSR count). The van der Waals surface area contributed by atoms with Crippen LogP contribution in [0, 0.1) is 13.8 Å². The van der Waals surface area contributed by atoms with Crippen LogP contribution in [-0.4, -0.2) is 28.6 Å². The number of amides is 2. The average molecular weight is 366 g/mol. The van der Waals surface area contributed by atoms with Crippen LogP contribution in [0.4, 0.5) is 0 Å². The quantitative estimate of drug-likeness (QED) is 0.701. The molecule has 2 amide bonds. The molecule has 3 aromatic rings. The molecule has 140 valence electrons. The monoisotopic (exact) mass is 366 g/mol. The molecule has 27 heavy (non-hydrogen) atoms. The van der Waals surface area contributed by atoms with Crippen molar-refractivity contribution in [1.29, 1.82) is 0 Å². The van der Waals surface area contributed by atoms with Gasteiger partial charge in [0.15, 0.2) is 5.76 Å². The number of hydrogen-bond donors (Lipinski definition) is 2. The van der Waals surface area contributed by atoms with Crippen molar-refractivity contribution in [3.8, 4) is 0 Å². The van der Waals surface area contributed by atoms with E-state index in [4.69, 9.17) is 4.42 Å². The van der Waals surface area contributed by atoms with Crippen molar-refractivity contribution in [3.05, 3.63) is 76.5 Å². The van der Waals surface area contributed by atoms with Gasteiger partial charge in [-0.3, -0.25) is 14.3 Å². The minimum atomic E-state index is -0.300. The summed E-state index contributed by atoms with van der Waals surface area (Å²) in [6, 6.07) is 12.7. The smallest absolute Gasteiger partial charge is 0.286 e. The summed E-state index contributed by atoms with van der Waals surface area (Å²) in [4.78, 5) is 23.8. The van der Waals surface area contributed by atoms with Crippen molar-refractivity contribution in [2.45, 2.75) is 26.9 Å². The maximum atomic E-state index is 12.3. The van der Waals surface area contributed by atoms with E-state index in [-0.39, 0.29) is 24.1 Å². The minimum Gasteiger partial charge on any atom is -0.454 e. The maximum absolute atomic E-state index is 12.3. The SMILES string of the molecule is CNC(=O)c1ccc(CNC(=O)c2ccc(Cn3nc(C)cc3C)cc2)o1. The van der Waals surface area contributed by atoms with E-state index in [0.29, 0.717) is 17.9 Å². The van der Waals surface area contributed by atoms with E-state index < -0.39 is 0 Å². The number of furan rings is 1. The third-order valence-electron chi connectivity index (χ3n) is 4.19. The molecule has 1 aromatic carbocycles. The summed E-state index contributed by atoms with van der Waals surface area (Å²) in [5.74, 6) is 0.231. The molecule has 0 bridgehead atoms. The van der Waals surface area contributed by atoms with Crippen LogP contribution in [0.15, 0.2) is 46.9 Å². The van der Waals surface area contributed by atoms with Crippen LogP contribution in [0.25, 0.3) is 0 Å². The van der Waals surface area contributed by atoms with Crippen LogP contribution < -0.4 is 10.6 Å². The number of aromatic nitrogens is 2. The van der Waals surface area contributed by atoms with Gasteiger partial charge in [-0.15, -0.1) is 0 Å². The van der Waals surface area contributed by atoms with Crippen molar-refractivity contribution in [1.82, 2.24) is 20.4 Å². The van der Waals surface area contributed by atoms with Crippen LogP contribution in [0.2, 0.25) is 0 Å². The molecule has 2 N–H and O–H groups in total. The summed E-state index contributed by atoms with van der Waals surface area (Å²) < 4.78 is 7.32. The predicted octanol–water partition coefficient (Wildman–Crippen LogP) is 2.43. The van der Waals surface area contributed by atoms with Gasteiger partial charge in [-0.05, 0) is 49.7 Å². The summed E-state index contributed by atoms with van der Waals surface area (Å²) in [5, 5.41) is 9.72. The molecule has 0 radical (unpaired) electrons. The van der Waals surface area contributed by atoms with Crippen molar-refractivity contribution >= 4 is 11.8 Å². The molecule has 0 saturated heterocycles. The highest BCUT2D eigenvalue weighted by atomic mass is 16.4. The molecule has 0 unspecified atom stereocenters. The molecule has 0 spiro atoms. The fourth-order valence-electron chi connectivity index (χ4n) is 2.76. The Morgan fingerprint density at radius 2 is 1.81 bits per heavy atom. The van der Waals surface area contributed by atoms with Gasteiger partial charge < -0.3 is 15.1 Å². The topological polar surface area (TPSA) is 89.2 Å². The minimum absolute atomic E-state index is 0.203. The van der Waals surface area contributed by atoms with Crippen LogP contribution in [0.3, 0.4) is 0 Å². The first-order valence-electron chi connectivity index (χ1n) is 8.65. The van der Waals surface area contributed by atoms with Crippen molar-refractivity contribution in [2.75, 3.05) is 7.05 Å². The zero-order valence-electron chi connectivity index (χ0n) is 15.6. The molecule has 7 nitrogen and oxygen atoms in total. The second-order valence-corrected chi connectivity index (χ2v) is 6.31. The van der Waals surface area contributed by atoms with Gasteiger partial charge in [0.25, 0.3) is 11.8 Å². The fourth-order valence-corrected chi connectivity index (χ4v) is 2.76. The van der Waals surface area contributed by atoms with Crippen molar-refractivity contribution < 1.29 is 14.0 Å². The van der Waals surface area contributed by atoms with E-state index in [1.165, 1.54) is 7.05 Å². The molecule has 2 aromatic heterocycles. The molecule has 0 aliphatic heterocycles. The van der Waals surface area contributed by atoms with E-state index in [0.717, 1.165) is 17.0 Å². The average Bonchev–Trinajstić information content (AvgIpc) is 3.26. The summed E-state index contributed by atoms with van der Waals surface area (Å²) >= 11 is 0. The van der Waals surface area contributed by atoms with E-state index in [1.54, 1.807) is 24.3 Å². The number of nitrogens with one attached hydrogen (secondary N) is 2. The van der Waals surface area contributed by atoms with Crippen LogP contribution in [0.1, 0.15) is 43.6 Å². The highest BCUT2D eigenvalue weighted by Crippen LogP contribution is 2.11. The first kappa shape index (κ1) is 18.4. The van der Waals surface area contributed by atoms with Gasteiger partial charge >= 0.3 is 0 Å². The van der Waals surface area contributed by atoms with Crippen molar-refractivity contribution in [3.63, 3.8) is 0 Å². The Bertz CT molecular complexity index is 954. The highest BCUT2D eigenvalue weighted by Gasteiger charge is 2.11. The van der Waals surface area contributed by atoms with Crippen LogP contribution in [-0.2, 0) is 13.1 Å². The normalized spacial score (nSPS) is 10.6. The molecule has 2 heterocycles. The van der Waals surface area contributed by atoms with Gasteiger partial charge in [0.1, 0.15) is 5.76 Å². The van der Waals surface area contributed by atoms with Gasteiger partial charge in [0, 0.05) is 18.3 Å². The molecular formula is C20H22N4O3. The molecule has 0 fully saturated rings. The van der Waals surface area contributed by atoms with Gasteiger partial charge in [0.05, 0.1) is 18.8 Å². The molecule has 0 atom stereocenters. The van der Waals surface area contributed by atoms with E-state index in [1.807, 2.05) is 36.7 Å². The summed E-state index contributed by atoms with van der Waals surface area (Å²) in [6.07, 6.45) is 0. The Hall–Kier alpha value is -3.35. The van der Waals surface area contributed by atoms with Gasteiger partial charge in [-0.25, -0.2) is 0 Å². The number of hydrogen-bond acceptors (Lipinski definition) is 4. The third-order valence-corrected chi connectivity index (χ3v) is 4.19. The largest absolute Gasteiger partial charge is 0.454 e. The first-order chi connectivity index (χ1) is 13.0. The lowest BCUT2D eigenvalue weighted by Gasteiger charge is -2.07. The number of benzene rings is 1. The standard InChI is InChI=1S/C20H22N4O3/c1-13-10-14(2)24(23-13)12-15-4-6-16(7-5-15)19(25)22-11-17-8-9-18(27-17)20(26)21-3/h4-10H,11-12H2,1-3H3,(H,21,26)(H,22,25). The Kier molecular flexibility index (Phi) is 5.40. The van der Waals surface area contributed by atoms with E-state index in [2.05, 4.69) is 15.7 Å². The summed E-state index contributed by atoms with van der Waals surface area (Å²) in [7, 11) is 1.53. The van der Waals surface area contributed by atoms with Gasteiger partial charge in [-0.1, -0.05) is 12.1 Å². The molecular weight excluding hydrogens is 344 g/mol. The molecule has 7 heteroatoms. The maximum Gasteiger partial charge on any atom is 0.286 e. The lowest BCUT2D eigenvalue weighted by Crippen LogP contribution is -2.22. The lowest BCUT2D eigenvalue weighted by molar-refractivity contribution is 0.0933. The van der Waals surface area contributed by atoms with Crippen LogP contribution in [0.5, 0.6) is 0 Å². The Morgan fingerprint density at radius 1 is 1.07 bits per heavy atom. The zero-order valence-corrected chi connectivity index (χ0v) is 15.6. The zero-order chi connectivity index (χ0) is 19.4. The second kappa shape index (κ2) is 7.90. The fraction of sp³-hybridized carbons (Fsp3) is 0.250. The second-order valence-electron chi connectivity index (χ2n) is 6.31. The number of nitrogens with zero attached hydrogens (tertiary/aromatic N) is 2. The molecule has 0 aliphatic rings. The predicted molar refractivity (Wildman–Crippen MR) is 101 cm³/mol. The van der Waals surface area contributed by atoms with E-state index >= 15 is 0 Å². The van der Waals surface area contributed by atoms with Gasteiger partial charge in [0.2, 0.25) is 0 Å². The summed E-state index contributed by atoms with van der Waals surface area (Å²) in [6.45, 7) is 4.86. The number of rotatable bonds is 6. The molecule has 0 saturated carbocycles. The first-order valence-corrected chi connectivity index (χ1v) is 8.65. The Labute approximate surface area is 157 Å². The number of carbonyl (C=O) groups is 2. The summed E-state index contributed by atoms with van der Waals surface area (Å²) in [5.41, 5.74) is 3.72. The van der Waals surface area contributed by atoms with Gasteiger partial charge in [-0.2, -0.15) is 5.10 Å². The third kappa shape index (κ3) is 4.44. The van der Waals surface area contributed by atoms with Crippen LogP contribution >= 0.6 is 0 Å². The Balaban J connectivity index is 1.58. The number of carbonyl (C=O) groups excluding carboxylic acids is 2. The number of aryl methyl sites for hydroxylation is 2. The molecule has 0 aliphatic carbocycles. The van der Waals surface area contributed by atoms with E-state index in [9.17, 15) is 9.59 Å². The Morgan fingerprint density at radius 3 is 2.44 bits per heavy atom. The van der Waals surface area contributed by atoms with Crippen molar-refractivity contribution in [2.24, 2.45) is 0 Å².